The summed E-state index contributed by atoms with van der Waals surface area (Å²) >= 11 is 0. The fourth-order valence-corrected chi connectivity index (χ4v) is 2.90. The number of carbonyl (C=O) groups is 1. The Morgan fingerprint density at radius 2 is 1.75 bits per heavy atom. The summed E-state index contributed by atoms with van der Waals surface area (Å²) in [7, 11) is -5.56. The Bertz CT molecular complexity index is 1020. The van der Waals surface area contributed by atoms with Crippen LogP contribution in [0.15, 0.2) is 52.4 Å². The number of nitrogens with one attached hydrogen (secondary N) is 1. The van der Waals surface area contributed by atoms with Gasteiger partial charge < -0.3 is 16.8 Å². The molecule has 12 heteroatoms. The van der Waals surface area contributed by atoms with Crippen LogP contribution in [-0.4, -0.2) is 25.8 Å². The van der Waals surface area contributed by atoms with Crippen molar-refractivity contribution >= 4 is 45.5 Å². The summed E-state index contributed by atoms with van der Waals surface area (Å²) in [5.74, 6) is -0.986. The highest BCUT2D eigenvalue weighted by Crippen LogP contribution is 2.30. The number of amides is 1. The first-order valence-corrected chi connectivity index (χ1v) is 8.83. The lowest BCUT2D eigenvalue weighted by Gasteiger charge is -2.10. The van der Waals surface area contributed by atoms with Crippen LogP contribution in [0.1, 0.15) is 15.9 Å². The third-order valence-corrected chi connectivity index (χ3v) is 4.91. The zero-order valence-corrected chi connectivity index (χ0v) is 16.0. The number of carbonyl (C=O) groups excluding carboxylic acids is 1. The third-order valence-electron chi connectivity index (χ3n) is 3.43. The maximum atomic E-state index is 12.7. The van der Waals surface area contributed by atoms with Crippen LogP contribution >= 0.6 is 12.4 Å². The predicted molar refractivity (Wildman–Crippen MR) is 102 cm³/mol. The van der Waals surface area contributed by atoms with Gasteiger partial charge in [0, 0.05) is 11.3 Å². The Kier molecular flexibility index (Phi) is 7.04. The van der Waals surface area contributed by atoms with Crippen molar-refractivity contribution in [2.24, 2.45) is 16.5 Å². The molecule has 0 bridgehead atoms. The van der Waals surface area contributed by atoms with E-state index in [9.17, 15) is 26.4 Å². The first-order valence-electron chi connectivity index (χ1n) is 7.35. The van der Waals surface area contributed by atoms with E-state index in [1.54, 1.807) is 13.0 Å². The number of nitrogens with zero attached hydrogens (tertiary/aromatic N) is 1. The van der Waals surface area contributed by atoms with Crippen LogP contribution in [-0.2, 0) is 9.84 Å². The summed E-state index contributed by atoms with van der Waals surface area (Å²) in [5, 5.41) is 2.45. The maximum Gasteiger partial charge on any atom is 0.501 e. The lowest BCUT2D eigenvalue weighted by molar-refractivity contribution is -0.0436. The largest absolute Gasteiger partial charge is 0.501 e. The van der Waals surface area contributed by atoms with Gasteiger partial charge in [0.1, 0.15) is 0 Å². The Morgan fingerprint density at radius 1 is 1.11 bits per heavy atom. The SMILES string of the molecule is Cc1ccc(NC(=O)c2cccc(S(=O)(=O)C(F)(F)F)c2)cc1N=C(N)N.Cl. The summed E-state index contributed by atoms with van der Waals surface area (Å²) < 4.78 is 60.9. The number of nitrogens with two attached hydrogens (primary N) is 2. The molecule has 0 aromatic heterocycles. The number of alkyl halides is 3. The van der Waals surface area contributed by atoms with Crippen molar-refractivity contribution in [3.8, 4) is 0 Å². The van der Waals surface area contributed by atoms with Crippen molar-refractivity contribution in [2.45, 2.75) is 17.3 Å². The monoisotopic (exact) mass is 436 g/mol. The van der Waals surface area contributed by atoms with E-state index in [0.717, 1.165) is 17.7 Å². The maximum absolute atomic E-state index is 12.7. The Labute approximate surface area is 165 Å². The number of aliphatic imine (C=N–C) groups is 1. The molecule has 7 nitrogen and oxygen atoms in total. The van der Waals surface area contributed by atoms with E-state index in [0.29, 0.717) is 11.8 Å². The molecule has 28 heavy (non-hydrogen) atoms. The van der Waals surface area contributed by atoms with Gasteiger partial charge in [-0.05, 0) is 42.8 Å². The third kappa shape index (κ3) is 5.14. The highest BCUT2D eigenvalue weighted by molar-refractivity contribution is 7.92. The van der Waals surface area contributed by atoms with E-state index in [1.807, 2.05) is 0 Å². The Balaban J connectivity index is 0.00000392. The highest BCUT2D eigenvalue weighted by Gasteiger charge is 2.46. The number of guanidine groups is 1. The van der Waals surface area contributed by atoms with E-state index in [-0.39, 0.29) is 29.6 Å². The first kappa shape index (κ1) is 23.2. The van der Waals surface area contributed by atoms with Gasteiger partial charge in [-0.1, -0.05) is 12.1 Å². The molecule has 0 aliphatic heterocycles. The second kappa shape index (κ2) is 8.48. The fourth-order valence-electron chi connectivity index (χ4n) is 2.09. The van der Waals surface area contributed by atoms with Gasteiger partial charge in [-0.25, -0.2) is 13.4 Å². The van der Waals surface area contributed by atoms with Gasteiger partial charge >= 0.3 is 5.51 Å². The van der Waals surface area contributed by atoms with Crippen LogP contribution in [0.5, 0.6) is 0 Å². The summed E-state index contributed by atoms with van der Waals surface area (Å²) in [6.45, 7) is 1.73. The average molecular weight is 437 g/mol. The van der Waals surface area contributed by atoms with Gasteiger partial charge in [-0.3, -0.25) is 4.79 Å². The number of sulfone groups is 1. The van der Waals surface area contributed by atoms with Crippen LogP contribution in [0.2, 0.25) is 0 Å². The molecule has 0 fully saturated rings. The standard InChI is InChI=1S/C16H15F3N4O3S.ClH/c1-9-5-6-11(8-13(9)23-15(20)21)22-14(24)10-3-2-4-12(7-10)27(25,26)16(17,18)19;/h2-8H,1H3,(H,22,24)(H4,20,21,23);1H. The van der Waals surface area contributed by atoms with Crippen molar-refractivity contribution < 1.29 is 26.4 Å². The van der Waals surface area contributed by atoms with Crippen molar-refractivity contribution in [1.29, 1.82) is 0 Å². The minimum atomic E-state index is -5.56. The van der Waals surface area contributed by atoms with E-state index in [4.69, 9.17) is 11.5 Å². The molecule has 0 saturated carbocycles. The molecule has 0 radical (unpaired) electrons. The number of rotatable bonds is 4. The lowest BCUT2D eigenvalue weighted by atomic mass is 10.1. The quantitative estimate of drug-likeness (QED) is 0.501. The normalized spacial score (nSPS) is 11.3. The van der Waals surface area contributed by atoms with Crippen molar-refractivity contribution in [3.05, 3.63) is 53.6 Å². The molecular weight excluding hydrogens is 421 g/mol. The van der Waals surface area contributed by atoms with E-state index < -0.39 is 26.1 Å². The Hall–Kier alpha value is -2.79. The second-order valence-corrected chi connectivity index (χ2v) is 7.41. The van der Waals surface area contributed by atoms with Gasteiger partial charge in [0.2, 0.25) is 0 Å². The molecule has 2 aromatic rings. The molecule has 0 aliphatic rings. The van der Waals surface area contributed by atoms with Crippen molar-refractivity contribution in [1.82, 2.24) is 0 Å². The Morgan fingerprint density at radius 3 is 2.32 bits per heavy atom. The average Bonchev–Trinajstić information content (AvgIpc) is 2.56. The molecule has 1 amide bonds. The predicted octanol–water partition coefficient (Wildman–Crippen LogP) is 2.87. The van der Waals surface area contributed by atoms with Gasteiger partial charge in [-0.15, -0.1) is 12.4 Å². The molecule has 5 N–H and O–H groups in total. The van der Waals surface area contributed by atoms with Crippen LogP contribution in [0.4, 0.5) is 24.5 Å². The smallest absolute Gasteiger partial charge is 0.370 e. The molecule has 2 aromatic carbocycles. The number of benzene rings is 2. The van der Waals surface area contributed by atoms with Gasteiger partial charge in [0.05, 0.1) is 10.6 Å². The minimum absolute atomic E-state index is 0. The van der Waals surface area contributed by atoms with Crippen LogP contribution in [0.3, 0.4) is 0 Å². The van der Waals surface area contributed by atoms with E-state index in [1.165, 1.54) is 18.2 Å². The van der Waals surface area contributed by atoms with Gasteiger partial charge in [0.25, 0.3) is 15.7 Å². The molecule has 2 rings (SSSR count). The van der Waals surface area contributed by atoms with Crippen LogP contribution in [0.25, 0.3) is 0 Å². The molecular formula is C16H16ClF3N4O3S. The van der Waals surface area contributed by atoms with Crippen LogP contribution < -0.4 is 16.8 Å². The summed E-state index contributed by atoms with van der Waals surface area (Å²) in [6, 6.07) is 8.29. The zero-order chi connectivity index (χ0) is 20.4. The molecule has 0 aliphatic carbocycles. The minimum Gasteiger partial charge on any atom is -0.370 e. The van der Waals surface area contributed by atoms with Gasteiger partial charge in [0.15, 0.2) is 5.96 Å². The lowest BCUT2D eigenvalue weighted by Crippen LogP contribution is -2.23. The van der Waals surface area contributed by atoms with Crippen LogP contribution in [0, 0.1) is 6.92 Å². The highest BCUT2D eigenvalue weighted by atomic mass is 35.5. The summed E-state index contributed by atoms with van der Waals surface area (Å²) in [5.41, 5.74) is 6.30. The number of halogens is 4. The molecule has 0 unspecified atom stereocenters. The summed E-state index contributed by atoms with van der Waals surface area (Å²) in [4.78, 5) is 15.2. The molecule has 0 atom stereocenters. The van der Waals surface area contributed by atoms with E-state index in [2.05, 4.69) is 10.3 Å². The van der Waals surface area contributed by atoms with Crippen molar-refractivity contribution in [3.63, 3.8) is 0 Å². The first-order chi connectivity index (χ1) is 12.4. The zero-order valence-electron chi connectivity index (χ0n) is 14.3. The fraction of sp³-hybridized carbons (Fsp3) is 0.125. The molecule has 0 spiro atoms. The van der Waals surface area contributed by atoms with Gasteiger partial charge in [-0.2, -0.15) is 13.2 Å². The topological polar surface area (TPSA) is 128 Å². The molecule has 152 valence electrons. The summed E-state index contributed by atoms with van der Waals surface area (Å²) in [6.07, 6.45) is 0. The number of hydrogen-bond acceptors (Lipinski definition) is 4. The second-order valence-electron chi connectivity index (χ2n) is 5.47. The molecule has 0 heterocycles. The van der Waals surface area contributed by atoms with E-state index >= 15 is 0 Å². The number of aryl methyl sites for hydroxylation is 1. The van der Waals surface area contributed by atoms with Crippen molar-refractivity contribution in [2.75, 3.05) is 5.32 Å². The number of anilines is 1. The number of hydrogen-bond donors (Lipinski definition) is 3. The molecule has 0 saturated heterocycles.